The molecular weight excluding hydrogens is 324 g/mol. The molecule has 0 radical (unpaired) electrons. The van der Waals surface area contributed by atoms with Gasteiger partial charge in [0.1, 0.15) is 0 Å². The van der Waals surface area contributed by atoms with Crippen LogP contribution in [0.1, 0.15) is 21.9 Å². The minimum atomic E-state index is 0. The number of Topliss-reactive ketones (excluding diaryl/α,β-unsaturated/α-hetero) is 1. The number of hydrogen-bond acceptors (Lipinski definition) is 2. The molecule has 0 aliphatic carbocycles. The fraction of sp³-hybridized carbons (Fsp3) is 0.200. The van der Waals surface area contributed by atoms with E-state index in [-0.39, 0.29) is 22.8 Å². The van der Waals surface area contributed by atoms with Crippen molar-refractivity contribution < 1.29 is 26.2 Å². The van der Waals surface area contributed by atoms with Gasteiger partial charge in [-0.25, -0.2) is 4.42 Å². The van der Waals surface area contributed by atoms with Crippen LogP contribution < -0.4 is 17.0 Å². The number of hydrogen-bond donors (Lipinski definition) is 0. The molecule has 0 saturated carbocycles. The van der Waals surface area contributed by atoms with Crippen molar-refractivity contribution in [1.82, 2.24) is 0 Å². The highest BCUT2D eigenvalue weighted by Gasteiger charge is 2.11. The van der Waals surface area contributed by atoms with Crippen LogP contribution in [0.2, 0.25) is 0 Å². The number of rotatable bonds is 4. The van der Waals surface area contributed by atoms with E-state index in [1.807, 2.05) is 56.3 Å². The molecule has 2 rings (SSSR count). The molecule has 19 heavy (non-hydrogen) atoms. The molecule has 4 heteroatoms. The minimum Gasteiger partial charge on any atom is -1.00 e. The maximum absolute atomic E-state index is 11.9. The summed E-state index contributed by atoms with van der Waals surface area (Å²) in [4.78, 5) is 13.0. The lowest BCUT2D eigenvalue weighted by atomic mass is 10.2. The second-order valence-electron chi connectivity index (χ2n) is 4.09. The van der Waals surface area contributed by atoms with Gasteiger partial charge in [-0.05, 0) is 0 Å². The Hall–Kier alpha value is -1.13. The Morgan fingerprint density at radius 3 is 2.26 bits per heavy atom. The van der Waals surface area contributed by atoms with Gasteiger partial charge in [-0.2, -0.15) is 0 Å². The summed E-state index contributed by atoms with van der Waals surface area (Å²) in [5, 5.41) is 0. The van der Waals surface area contributed by atoms with E-state index in [9.17, 15) is 4.79 Å². The Balaban J connectivity index is 0.00000180. The first-order valence-electron chi connectivity index (χ1n) is 5.77. The van der Waals surface area contributed by atoms with Gasteiger partial charge in [0.15, 0.2) is 5.78 Å². The Morgan fingerprint density at radius 1 is 1.11 bits per heavy atom. The Labute approximate surface area is 128 Å². The molecule has 0 fully saturated rings. The van der Waals surface area contributed by atoms with Crippen LogP contribution in [0, 0.1) is 13.8 Å². The summed E-state index contributed by atoms with van der Waals surface area (Å²) in [6.07, 6.45) is 0. The van der Waals surface area contributed by atoms with Gasteiger partial charge in [-0.3, -0.25) is 4.79 Å². The summed E-state index contributed by atoms with van der Waals surface area (Å²) >= 11 is 1.54. The van der Waals surface area contributed by atoms with E-state index < -0.39 is 0 Å². The zero-order valence-corrected chi connectivity index (χ0v) is 13.3. The predicted octanol–water partition coefficient (Wildman–Crippen LogP) is 1.16. The molecule has 0 aliphatic rings. The molecule has 1 heterocycles. The van der Waals surface area contributed by atoms with Crippen LogP contribution in [-0.2, 0) is 0 Å². The van der Waals surface area contributed by atoms with Crippen LogP contribution >= 0.6 is 11.8 Å². The summed E-state index contributed by atoms with van der Waals surface area (Å²) in [6, 6.07) is 13.3. The molecule has 0 aliphatic heterocycles. The van der Waals surface area contributed by atoms with Gasteiger partial charge in [0, 0.05) is 10.5 Å². The summed E-state index contributed by atoms with van der Waals surface area (Å²) < 4.78 is 5.41. The molecule has 1 aromatic carbocycles. The number of benzene rings is 1. The minimum absolute atomic E-state index is 0. The third kappa shape index (κ3) is 4.80. The first-order valence-corrected chi connectivity index (χ1v) is 6.76. The highest BCUT2D eigenvalue weighted by Crippen LogP contribution is 2.22. The maximum Gasteiger partial charge on any atom is 0.327 e. The van der Waals surface area contributed by atoms with Gasteiger partial charge in [-0.15, -0.1) is 11.8 Å². The summed E-state index contributed by atoms with van der Waals surface area (Å²) in [7, 11) is 0. The van der Waals surface area contributed by atoms with Crippen LogP contribution in [0.25, 0.3) is 0 Å². The predicted molar refractivity (Wildman–Crippen MR) is 74.1 cm³/mol. The number of carbonyl (C=O) groups is 1. The van der Waals surface area contributed by atoms with Gasteiger partial charge in [0.25, 0.3) is 0 Å². The van der Waals surface area contributed by atoms with Gasteiger partial charge in [-0.1, -0.05) is 30.3 Å². The third-order valence-corrected chi connectivity index (χ3v) is 3.45. The summed E-state index contributed by atoms with van der Waals surface area (Å²) in [6.45, 7) is 3.83. The molecule has 0 N–H and O–H groups in total. The largest absolute Gasteiger partial charge is 1.00 e. The zero-order valence-electron chi connectivity index (χ0n) is 10.9. The number of thioether (sulfide) groups is 1. The topological polar surface area (TPSA) is 28.4 Å². The smallest absolute Gasteiger partial charge is 0.327 e. The van der Waals surface area contributed by atoms with E-state index in [4.69, 9.17) is 4.42 Å². The van der Waals surface area contributed by atoms with Crippen molar-refractivity contribution >= 4 is 17.5 Å². The second-order valence-corrected chi connectivity index (χ2v) is 5.14. The Bertz CT molecular complexity index is 535. The van der Waals surface area contributed by atoms with Crippen molar-refractivity contribution in [3.05, 3.63) is 59.5 Å². The monoisotopic (exact) mass is 338 g/mol. The molecule has 0 unspecified atom stereocenters. The molecule has 0 bridgehead atoms. The quantitative estimate of drug-likeness (QED) is 0.475. The summed E-state index contributed by atoms with van der Waals surface area (Å²) in [5.41, 5.74) is 0.763. The molecule has 0 amide bonds. The first kappa shape index (κ1) is 15.9. The fourth-order valence-electron chi connectivity index (χ4n) is 1.69. The van der Waals surface area contributed by atoms with E-state index in [1.54, 1.807) is 11.8 Å². The van der Waals surface area contributed by atoms with E-state index in [0.29, 0.717) is 5.75 Å². The molecule has 100 valence electrons. The van der Waals surface area contributed by atoms with E-state index in [2.05, 4.69) is 0 Å². The fourth-order valence-corrected chi connectivity index (χ4v) is 2.66. The molecule has 0 saturated heterocycles. The lowest BCUT2D eigenvalue weighted by Crippen LogP contribution is -3.00. The van der Waals surface area contributed by atoms with Gasteiger partial charge in [0.2, 0.25) is 0 Å². The zero-order chi connectivity index (χ0) is 13.0. The van der Waals surface area contributed by atoms with Crippen molar-refractivity contribution in [3.63, 3.8) is 0 Å². The van der Waals surface area contributed by atoms with Gasteiger partial charge < -0.3 is 17.0 Å². The van der Waals surface area contributed by atoms with Crippen molar-refractivity contribution in [2.45, 2.75) is 18.7 Å². The molecule has 0 spiro atoms. The first-order chi connectivity index (χ1) is 8.65. The van der Waals surface area contributed by atoms with E-state index in [0.717, 1.165) is 22.0 Å². The third-order valence-electron chi connectivity index (χ3n) is 2.48. The molecule has 1 aromatic heterocycles. The Kier molecular flexibility index (Phi) is 6.25. The number of carbonyl (C=O) groups excluding carboxylic acids is 1. The molecule has 2 nitrogen and oxygen atoms in total. The normalized spacial score (nSPS) is 9.79. The summed E-state index contributed by atoms with van der Waals surface area (Å²) in [5.74, 6) is 2.33. The SMILES string of the molecule is Cc1cc(SCC(=O)c2ccccc2)cc(C)[o+]1.[Br-]. The van der Waals surface area contributed by atoms with Crippen molar-refractivity contribution in [1.29, 1.82) is 0 Å². The van der Waals surface area contributed by atoms with Crippen LogP contribution in [0.4, 0.5) is 0 Å². The van der Waals surface area contributed by atoms with Crippen LogP contribution in [0.3, 0.4) is 0 Å². The van der Waals surface area contributed by atoms with Gasteiger partial charge >= 0.3 is 11.5 Å². The lowest BCUT2D eigenvalue weighted by molar-refractivity contribution is -0.0000122. The van der Waals surface area contributed by atoms with E-state index in [1.165, 1.54) is 0 Å². The molecule has 2 aromatic rings. The number of aryl methyl sites for hydroxylation is 2. The molecule has 0 atom stereocenters. The average molecular weight is 339 g/mol. The van der Waals surface area contributed by atoms with E-state index >= 15 is 0 Å². The highest BCUT2D eigenvalue weighted by molar-refractivity contribution is 8.00. The standard InChI is InChI=1S/C15H15O2S.BrH/c1-11-8-14(9-12(2)17-11)18-10-15(16)13-6-4-3-5-7-13;/h3-9H,10H2,1-2H3;1H/q+1;/p-1. The highest BCUT2D eigenvalue weighted by atomic mass is 79.9. The van der Waals surface area contributed by atoms with Crippen LogP contribution in [0.15, 0.2) is 51.8 Å². The molecular formula is C15H15BrO2S. The van der Waals surface area contributed by atoms with Crippen molar-refractivity contribution in [3.8, 4) is 0 Å². The van der Waals surface area contributed by atoms with Crippen LogP contribution in [-0.4, -0.2) is 11.5 Å². The van der Waals surface area contributed by atoms with Crippen LogP contribution in [0.5, 0.6) is 0 Å². The van der Waals surface area contributed by atoms with Crippen molar-refractivity contribution in [2.75, 3.05) is 5.75 Å². The number of halogens is 1. The maximum atomic E-state index is 11.9. The number of ketones is 1. The average Bonchev–Trinajstić information content (AvgIpc) is 2.36. The lowest BCUT2D eigenvalue weighted by Gasteiger charge is -2.00. The van der Waals surface area contributed by atoms with Crippen molar-refractivity contribution in [2.24, 2.45) is 0 Å². The van der Waals surface area contributed by atoms with Gasteiger partial charge in [0.05, 0.1) is 31.7 Å². The second kappa shape index (κ2) is 7.46. The Morgan fingerprint density at radius 2 is 1.68 bits per heavy atom.